The van der Waals surface area contributed by atoms with Gasteiger partial charge in [0.25, 0.3) is 0 Å². The first-order chi connectivity index (χ1) is 6.27. The van der Waals surface area contributed by atoms with E-state index in [0.717, 1.165) is 12.0 Å². The van der Waals surface area contributed by atoms with Crippen molar-refractivity contribution in [2.45, 2.75) is 6.42 Å². The molecule has 0 spiro atoms. The summed E-state index contributed by atoms with van der Waals surface area (Å²) >= 11 is 11.2. The molecule has 0 unspecified atom stereocenters. The van der Waals surface area contributed by atoms with Gasteiger partial charge in [0.1, 0.15) is 0 Å². The zero-order valence-corrected chi connectivity index (χ0v) is 8.39. The van der Waals surface area contributed by atoms with E-state index < -0.39 is 0 Å². The van der Waals surface area contributed by atoms with Crippen LogP contribution in [0.1, 0.15) is 11.1 Å². The van der Waals surface area contributed by atoms with Crippen LogP contribution in [0.2, 0.25) is 0 Å². The van der Waals surface area contributed by atoms with E-state index in [1.165, 1.54) is 0 Å². The molecule has 0 saturated carbocycles. The van der Waals surface area contributed by atoms with Gasteiger partial charge in [0.05, 0.1) is 0 Å². The molecule has 0 amide bonds. The molecular formula is C9H9Cl2NO. The van der Waals surface area contributed by atoms with Crippen molar-refractivity contribution in [2.75, 3.05) is 5.88 Å². The molecule has 2 nitrogen and oxygen atoms in total. The average molecular weight is 218 g/mol. The minimum Gasteiger partial charge on any atom is -0.410 e. The van der Waals surface area contributed by atoms with Crippen LogP contribution in [-0.4, -0.2) is 16.3 Å². The average Bonchev–Trinajstić information content (AvgIpc) is 2.18. The Balaban J connectivity index is 2.81. The molecule has 1 aromatic rings. The lowest BCUT2D eigenvalue weighted by molar-refractivity contribution is 0.321. The second-order valence-electron chi connectivity index (χ2n) is 2.53. The van der Waals surface area contributed by atoms with Crippen LogP contribution in [0.5, 0.6) is 0 Å². The van der Waals surface area contributed by atoms with Gasteiger partial charge in [0.15, 0.2) is 5.17 Å². The number of rotatable bonds is 3. The summed E-state index contributed by atoms with van der Waals surface area (Å²) in [4.78, 5) is 0. The van der Waals surface area contributed by atoms with E-state index >= 15 is 0 Å². The monoisotopic (exact) mass is 217 g/mol. The highest BCUT2D eigenvalue weighted by Gasteiger charge is 1.99. The molecule has 0 aliphatic heterocycles. The predicted molar refractivity (Wildman–Crippen MR) is 55.0 cm³/mol. The maximum absolute atomic E-state index is 8.40. The Bertz CT molecular complexity index is 295. The first-order valence-corrected chi connectivity index (χ1v) is 4.72. The van der Waals surface area contributed by atoms with Crippen molar-refractivity contribution in [1.29, 1.82) is 0 Å². The molecule has 1 N–H and O–H groups in total. The minimum atomic E-state index is 0.0948. The number of nitrogens with zero attached hydrogens (tertiary/aromatic N) is 1. The van der Waals surface area contributed by atoms with Gasteiger partial charge in [0, 0.05) is 11.4 Å². The molecular weight excluding hydrogens is 209 g/mol. The van der Waals surface area contributed by atoms with Gasteiger partial charge in [-0.3, -0.25) is 0 Å². The summed E-state index contributed by atoms with van der Waals surface area (Å²) in [7, 11) is 0. The van der Waals surface area contributed by atoms with Crippen molar-refractivity contribution in [3.05, 3.63) is 35.4 Å². The standard InChI is InChI=1S/C9H9Cl2NO/c10-6-5-7-1-3-8(4-2-7)9(11)12-13/h1-4,13H,5-6H2. The third-order valence-corrected chi connectivity index (χ3v) is 2.15. The Hall–Kier alpha value is -0.730. The van der Waals surface area contributed by atoms with Gasteiger partial charge in [-0.25, -0.2) is 0 Å². The van der Waals surface area contributed by atoms with Crippen LogP contribution in [0.15, 0.2) is 29.4 Å². The van der Waals surface area contributed by atoms with E-state index in [2.05, 4.69) is 5.16 Å². The van der Waals surface area contributed by atoms with Crippen molar-refractivity contribution in [1.82, 2.24) is 0 Å². The maximum atomic E-state index is 8.40. The Morgan fingerprint density at radius 3 is 2.38 bits per heavy atom. The van der Waals surface area contributed by atoms with E-state index in [0.29, 0.717) is 11.4 Å². The molecule has 1 rings (SSSR count). The number of alkyl halides is 1. The summed E-state index contributed by atoms with van der Waals surface area (Å²) in [5, 5.41) is 11.4. The Morgan fingerprint density at radius 1 is 1.31 bits per heavy atom. The van der Waals surface area contributed by atoms with Crippen LogP contribution in [-0.2, 0) is 6.42 Å². The summed E-state index contributed by atoms with van der Waals surface area (Å²) < 4.78 is 0. The van der Waals surface area contributed by atoms with Crippen LogP contribution in [0, 0.1) is 0 Å². The van der Waals surface area contributed by atoms with Crippen molar-refractivity contribution in [3.8, 4) is 0 Å². The first-order valence-electron chi connectivity index (χ1n) is 3.80. The highest BCUT2D eigenvalue weighted by atomic mass is 35.5. The fourth-order valence-corrected chi connectivity index (χ4v) is 1.32. The van der Waals surface area contributed by atoms with Crippen LogP contribution in [0.4, 0.5) is 0 Å². The summed E-state index contributed by atoms with van der Waals surface area (Å²) in [6.07, 6.45) is 0.829. The molecule has 0 fully saturated rings. The summed E-state index contributed by atoms with van der Waals surface area (Å²) in [5.41, 5.74) is 1.84. The second-order valence-corrected chi connectivity index (χ2v) is 3.26. The molecule has 0 atom stereocenters. The highest BCUT2D eigenvalue weighted by Crippen LogP contribution is 2.08. The smallest absolute Gasteiger partial charge is 0.175 e. The fraction of sp³-hybridized carbons (Fsp3) is 0.222. The van der Waals surface area contributed by atoms with Gasteiger partial charge in [-0.15, -0.1) is 11.6 Å². The van der Waals surface area contributed by atoms with Crippen LogP contribution in [0.25, 0.3) is 0 Å². The van der Waals surface area contributed by atoms with Crippen molar-refractivity contribution >= 4 is 28.4 Å². The molecule has 0 aliphatic rings. The van der Waals surface area contributed by atoms with Gasteiger partial charge < -0.3 is 5.21 Å². The molecule has 0 radical (unpaired) electrons. The van der Waals surface area contributed by atoms with Gasteiger partial charge in [-0.2, -0.15) is 0 Å². The predicted octanol–water partition coefficient (Wildman–Crippen LogP) is 2.84. The molecule has 70 valence electrons. The van der Waals surface area contributed by atoms with Crippen LogP contribution >= 0.6 is 23.2 Å². The molecule has 0 aromatic heterocycles. The first kappa shape index (κ1) is 10.4. The van der Waals surface area contributed by atoms with Gasteiger partial charge in [-0.1, -0.05) is 41.0 Å². The van der Waals surface area contributed by atoms with E-state index in [4.69, 9.17) is 28.4 Å². The van der Waals surface area contributed by atoms with Gasteiger partial charge in [-0.05, 0) is 12.0 Å². The number of halogens is 2. The summed E-state index contributed by atoms with van der Waals surface area (Å²) in [6, 6.07) is 7.41. The lowest BCUT2D eigenvalue weighted by atomic mass is 10.1. The molecule has 0 aliphatic carbocycles. The summed E-state index contributed by atoms with van der Waals surface area (Å²) in [6.45, 7) is 0. The highest BCUT2D eigenvalue weighted by molar-refractivity contribution is 6.69. The van der Waals surface area contributed by atoms with Crippen molar-refractivity contribution in [3.63, 3.8) is 0 Å². The number of aryl methyl sites for hydroxylation is 1. The third-order valence-electron chi connectivity index (χ3n) is 1.66. The van der Waals surface area contributed by atoms with Crippen molar-refractivity contribution in [2.24, 2.45) is 5.16 Å². The zero-order chi connectivity index (χ0) is 9.68. The van der Waals surface area contributed by atoms with Crippen molar-refractivity contribution < 1.29 is 5.21 Å². The quantitative estimate of drug-likeness (QED) is 0.359. The molecule has 1 aromatic carbocycles. The number of oxime groups is 1. The normalized spacial score (nSPS) is 11.7. The topological polar surface area (TPSA) is 32.6 Å². The second kappa shape index (κ2) is 5.10. The number of hydrogen-bond acceptors (Lipinski definition) is 2. The SMILES string of the molecule is ON=C(Cl)c1ccc(CCCl)cc1. The number of benzene rings is 1. The summed E-state index contributed by atoms with van der Waals surface area (Å²) in [5.74, 6) is 0.598. The van der Waals surface area contributed by atoms with E-state index in [1.54, 1.807) is 12.1 Å². The third kappa shape index (κ3) is 2.90. The fourth-order valence-electron chi connectivity index (χ4n) is 0.976. The number of hydrogen-bond donors (Lipinski definition) is 1. The zero-order valence-electron chi connectivity index (χ0n) is 6.87. The largest absolute Gasteiger partial charge is 0.410 e. The van der Waals surface area contributed by atoms with Gasteiger partial charge >= 0.3 is 0 Å². The Labute approximate surface area is 86.8 Å². The van der Waals surface area contributed by atoms with E-state index in [9.17, 15) is 0 Å². The molecule has 13 heavy (non-hydrogen) atoms. The molecule has 0 bridgehead atoms. The lowest BCUT2D eigenvalue weighted by Gasteiger charge is -1.99. The molecule has 4 heteroatoms. The Morgan fingerprint density at radius 2 is 1.92 bits per heavy atom. The van der Waals surface area contributed by atoms with E-state index in [1.807, 2.05) is 12.1 Å². The van der Waals surface area contributed by atoms with Crippen LogP contribution in [0.3, 0.4) is 0 Å². The lowest BCUT2D eigenvalue weighted by Crippen LogP contribution is -1.92. The van der Waals surface area contributed by atoms with Crippen LogP contribution < -0.4 is 0 Å². The Kier molecular flexibility index (Phi) is 4.06. The van der Waals surface area contributed by atoms with E-state index in [-0.39, 0.29) is 5.17 Å². The maximum Gasteiger partial charge on any atom is 0.175 e. The molecule has 0 saturated heterocycles. The molecule has 0 heterocycles. The van der Waals surface area contributed by atoms with Gasteiger partial charge in [0.2, 0.25) is 0 Å². The minimum absolute atomic E-state index is 0.0948.